The van der Waals surface area contributed by atoms with Crippen LogP contribution in [0, 0.1) is 0 Å². The van der Waals surface area contributed by atoms with Crippen molar-refractivity contribution in [3.8, 4) is 5.69 Å². The van der Waals surface area contributed by atoms with Crippen molar-refractivity contribution in [3.05, 3.63) is 47.4 Å². The van der Waals surface area contributed by atoms with E-state index in [0.717, 1.165) is 10.9 Å². The average molecular weight is 356 g/mol. The van der Waals surface area contributed by atoms with Gasteiger partial charge in [-0.15, -0.1) is 0 Å². The summed E-state index contributed by atoms with van der Waals surface area (Å²) in [7, 11) is 1.45. The number of pyridine rings is 1. The van der Waals surface area contributed by atoms with Crippen molar-refractivity contribution < 1.29 is 4.79 Å². The minimum atomic E-state index is -0.175. The van der Waals surface area contributed by atoms with E-state index in [2.05, 4.69) is 39.6 Å². The number of allylic oxidation sites excluding steroid dienone is 1. The molecule has 5 heteroatoms. The Kier molecular flexibility index (Phi) is 4.42. The van der Waals surface area contributed by atoms with E-state index in [1.54, 1.807) is 19.3 Å². The number of thiol groups is 1. The van der Waals surface area contributed by atoms with Gasteiger partial charge in [-0.25, -0.2) is 15.9 Å². The summed E-state index contributed by atoms with van der Waals surface area (Å²) in [6.07, 6.45) is 13.2. The molecule has 2 aromatic rings. The summed E-state index contributed by atoms with van der Waals surface area (Å²) in [5, 5.41) is 5.99. The van der Waals surface area contributed by atoms with Crippen LogP contribution in [0.25, 0.3) is 11.3 Å². The topological polar surface area (TPSA) is 46.9 Å². The lowest BCUT2D eigenvalue weighted by molar-refractivity contribution is 0.0958. The Hall–Kier alpha value is -2.01. The van der Waals surface area contributed by atoms with Crippen molar-refractivity contribution in [3.63, 3.8) is 0 Å². The Morgan fingerprint density at radius 3 is 2.72 bits per heavy atom. The molecule has 1 fully saturated rings. The van der Waals surface area contributed by atoms with Gasteiger partial charge < -0.3 is 9.88 Å². The largest absolute Gasteiger partial charge is 0.354 e. The number of carbonyl (C=O) groups is 1. The SMILES string of the molecule is CNC(=O)c1ccc(-n2cc3c(c2)[SH](C2CCCCC2)C=C3C)cn1. The first-order valence-electron chi connectivity index (χ1n) is 9.05. The molecule has 1 aliphatic heterocycles. The highest BCUT2D eigenvalue weighted by molar-refractivity contribution is 8.20. The second kappa shape index (κ2) is 6.71. The van der Waals surface area contributed by atoms with Gasteiger partial charge >= 0.3 is 0 Å². The fourth-order valence-electron chi connectivity index (χ4n) is 3.91. The molecule has 1 saturated carbocycles. The summed E-state index contributed by atoms with van der Waals surface area (Å²) in [6.45, 7) is 2.24. The summed E-state index contributed by atoms with van der Waals surface area (Å²) in [6, 6.07) is 3.75. The van der Waals surface area contributed by atoms with Crippen LogP contribution in [0.5, 0.6) is 0 Å². The number of hydrogen-bond acceptors (Lipinski definition) is 2. The van der Waals surface area contributed by atoms with Gasteiger partial charge in [-0.3, -0.25) is 4.79 Å². The third-order valence-corrected chi connectivity index (χ3v) is 8.20. The molecule has 0 aromatic carbocycles. The second-order valence-electron chi connectivity index (χ2n) is 6.96. The van der Waals surface area contributed by atoms with E-state index in [0.29, 0.717) is 5.69 Å². The fraction of sp³-hybridized carbons (Fsp3) is 0.400. The number of aromatic nitrogens is 2. The number of nitrogens with zero attached hydrogens (tertiary/aromatic N) is 2. The number of hydrogen-bond donors (Lipinski definition) is 2. The highest BCUT2D eigenvalue weighted by Crippen LogP contribution is 2.56. The molecule has 25 heavy (non-hydrogen) atoms. The maximum atomic E-state index is 11.7. The Morgan fingerprint density at radius 2 is 2.04 bits per heavy atom. The van der Waals surface area contributed by atoms with Crippen LogP contribution in [-0.4, -0.2) is 27.8 Å². The smallest absolute Gasteiger partial charge is 0.269 e. The van der Waals surface area contributed by atoms with Gasteiger partial charge in [-0.05, 0) is 48.1 Å². The third kappa shape index (κ3) is 3.01. The van der Waals surface area contributed by atoms with Gasteiger partial charge in [0.1, 0.15) is 5.69 Å². The molecule has 1 N–H and O–H groups in total. The maximum Gasteiger partial charge on any atom is 0.269 e. The number of carbonyl (C=O) groups excluding carboxylic acids is 1. The van der Waals surface area contributed by atoms with Gasteiger partial charge in [-0.1, -0.05) is 19.3 Å². The van der Waals surface area contributed by atoms with Crippen LogP contribution in [0.4, 0.5) is 0 Å². The highest BCUT2D eigenvalue weighted by Gasteiger charge is 2.28. The zero-order valence-electron chi connectivity index (χ0n) is 14.8. The summed E-state index contributed by atoms with van der Waals surface area (Å²) in [4.78, 5) is 17.5. The number of amides is 1. The molecule has 4 nitrogen and oxygen atoms in total. The van der Waals surface area contributed by atoms with Gasteiger partial charge in [0.15, 0.2) is 0 Å². The monoisotopic (exact) mass is 355 g/mol. The molecule has 1 atom stereocenters. The first-order valence-corrected chi connectivity index (χ1v) is 10.5. The van der Waals surface area contributed by atoms with Crippen LogP contribution < -0.4 is 5.32 Å². The first-order chi connectivity index (χ1) is 12.2. The predicted molar refractivity (Wildman–Crippen MR) is 105 cm³/mol. The summed E-state index contributed by atoms with van der Waals surface area (Å²) < 4.78 is 2.17. The van der Waals surface area contributed by atoms with E-state index < -0.39 is 0 Å². The molecule has 2 aliphatic rings. The number of nitrogens with one attached hydrogen (secondary N) is 1. The number of rotatable bonds is 3. The highest BCUT2D eigenvalue weighted by atomic mass is 32.2. The van der Waals surface area contributed by atoms with Gasteiger partial charge in [0.05, 0.1) is 11.9 Å². The summed E-state index contributed by atoms with van der Waals surface area (Å²) in [5.41, 5.74) is 4.27. The Labute approximate surface area is 151 Å². The molecule has 0 radical (unpaired) electrons. The Bertz CT molecular complexity index is 816. The molecular formula is C20H25N3OS. The third-order valence-electron chi connectivity index (χ3n) is 5.32. The molecule has 4 rings (SSSR count). The van der Waals surface area contributed by atoms with Crippen molar-refractivity contribution in [2.75, 3.05) is 7.05 Å². The Balaban J connectivity index is 1.63. The minimum Gasteiger partial charge on any atom is -0.354 e. The van der Waals surface area contributed by atoms with Crippen molar-refractivity contribution in [1.82, 2.24) is 14.9 Å². The van der Waals surface area contributed by atoms with Crippen molar-refractivity contribution in [1.29, 1.82) is 0 Å². The summed E-state index contributed by atoms with van der Waals surface area (Å²) >= 11 is 0. The van der Waals surface area contributed by atoms with Gasteiger partial charge in [0.25, 0.3) is 5.91 Å². The molecule has 132 valence electrons. The normalized spacial score (nSPS) is 21.7. The lowest BCUT2D eigenvalue weighted by atomic mass is 10.0. The summed E-state index contributed by atoms with van der Waals surface area (Å²) in [5.74, 6) is -0.152. The van der Waals surface area contributed by atoms with E-state index in [4.69, 9.17) is 0 Å². The van der Waals surface area contributed by atoms with Crippen LogP contribution >= 0.6 is 10.9 Å². The molecule has 0 spiro atoms. The molecule has 0 saturated heterocycles. The molecule has 1 aliphatic carbocycles. The van der Waals surface area contributed by atoms with E-state index in [1.807, 2.05) is 6.07 Å². The maximum absolute atomic E-state index is 11.7. The van der Waals surface area contributed by atoms with Crippen molar-refractivity contribution in [2.24, 2.45) is 0 Å². The molecular weight excluding hydrogens is 330 g/mol. The van der Waals surface area contributed by atoms with Crippen LogP contribution in [0.15, 0.2) is 41.0 Å². The van der Waals surface area contributed by atoms with Gasteiger partial charge in [0, 0.05) is 29.9 Å². The molecule has 3 heterocycles. The second-order valence-corrected chi connectivity index (χ2v) is 9.24. The van der Waals surface area contributed by atoms with Crippen LogP contribution in [-0.2, 0) is 0 Å². The fourth-order valence-corrected chi connectivity index (χ4v) is 6.90. The molecule has 1 unspecified atom stereocenters. The number of fused-ring (bicyclic) bond motifs is 1. The van der Waals surface area contributed by atoms with Crippen LogP contribution in [0.1, 0.15) is 55.1 Å². The van der Waals surface area contributed by atoms with E-state index >= 15 is 0 Å². The molecule has 2 aromatic heterocycles. The van der Waals surface area contributed by atoms with Crippen molar-refractivity contribution in [2.45, 2.75) is 49.2 Å². The lowest BCUT2D eigenvalue weighted by Crippen LogP contribution is -2.19. The average Bonchev–Trinajstić information content (AvgIpc) is 3.23. The lowest BCUT2D eigenvalue weighted by Gasteiger charge is -2.29. The first kappa shape index (κ1) is 16.5. The van der Waals surface area contributed by atoms with Crippen LogP contribution in [0.3, 0.4) is 0 Å². The van der Waals surface area contributed by atoms with Gasteiger partial charge in [-0.2, -0.15) is 0 Å². The van der Waals surface area contributed by atoms with Crippen LogP contribution in [0.2, 0.25) is 0 Å². The zero-order valence-corrected chi connectivity index (χ0v) is 15.7. The van der Waals surface area contributed by atoms with E-state index in [1.165, 1.54) is 48.1 Å². The van der Waals surface area contributed by atoms with E-state index in [-0.39, 0.29) is 16.8 Å². The molecule has 0 bridgehead atoms. The van der Waals surface area contributed by atoms with E-state index in [9.17, 15) is 4.79 Å². The predicted octanol–water partition coefficient (Wildman–Crippen LogP) is 4.30. The standard InChI is InChI=1S/C20H25N3OS/c1-14-13-25(16-6-4-3-5-7-16)19-12-23(11-17(14)19)15-8-9-18(22-10-15)20(24)21-2/h8-13,16,25H,3-7H2,1-2H3,(H,21,24). The Morgan fingerprint density at radius 1 is 1.24 bits per heavy atom. The quantitative estimate of drug-likeness (QED) is 0.807. The van der Waals surface area contributed by atoms with Crippen molar-refractivity contribution >= 4 is 22.4 Å². The van der Waals surface area contributed by atoms with Gasteiger partial charge in [0.2, 0.25) is 0 Å². The zero-order chi connectivity index (χ0) is 17.4. The minimum absolute atomic E-state index is 0.152. The molecule has 1 amide bonds.